The molecule has 0 atom stereocenters. The maximum absolute atomic E-state index is 12.3. The van der Waals surface area contributed by atoms with Gasteiger partial charge in [-0.15, -0.1) is 11.8 Å². The van der Waals surface area contributed by atoms with Crippen LogP contribution in [0.3, 0.4) is 0 Å². The van der Waals surface area contributed by atoms with Crippen molar-refractivity contribution in [3.8, 4) is 0 Å². The molecule has 152 valence electrons. The number of halogens is 1. The van der Waals surface area contributed by atoms with E-state index in [4.69, 9.17) is 4.74 Å². The van der Waals surface area contributed by atoms with E-state index in [-0.39, 0.29) is 12.5 Å². The standard InChI is InChI=1S/C20H19BrN2O5S/c1-12(24)23-16-9-14(5-8-18(16)29-2)17(25)11-28-19(26)10-22-20(27)13-3-6-15(21)7-4-13/h3-9H,10-11H2,1-2H3,(H,22,27)(H,23,24). The van der Waals surface area contributed by atoms with Gasteiger partial charge < -0.3 is 15.4 Å². The van der Waals surface area contributed by atoms with Crippen LogP contribution >= 0.6 is 27.7 Å². The quantitative estimate of drug-likeness (QED) is 0.342. The van der Waals surface area contributed by atoms with Gasteiger partial charge in [0.1, 0.15) is 6.54 Å². The van der Waals surface area contributed by atoms with Gasteiger partial charge in [0, 0.05) is 27.4 Å². The Morgan fingerprint density at radius 3 is 2.31 bits per heavy atom. The predicted octanol–water partition coefficient (Wildman–Crippen LogP) is 3.29. The average Bonchev–Trinajstić information content (AvgIpc) is 2.70. The second kappa shape index (κ2) is 10.8. The fraction of sp³-hybridized carbons (Fsp3) is 0.200. The highest BCUT2D eigenvalue weighted by molar-refractivity contribution is 9.10. The van der Waals surface area contributed by atoms with Gasteiger partial charge in [0.2, 0.25) is 5.91 Å². The van der Waals surface area contributed by atoms with Crippen molar-refractivity contribution in [1.29, 1.82) is 0 Å². The van der Waals surface area contributed by atoms with Gasteiger partial charge in [-0.25, -0.2) is 0 Å². The lowest BCUT2D eigenvalue weighted by atomic mass is 10.1. The number of carbonyl (C=O) groups excluding carboxylic acids is 4. The zero-order valence-corrected chi connectivity index (χ0v) is 18.2. The maximum Gasteiger partial charge on any atom is 0.325 e. The zero-order valence-electron chi connectivity index (χ0n) is 15.8. The van der Waals surface area contributed by atoms with Crippen molar-refractivity contribution in [3.63, 3.8) is 0 Å². The topological polar surface area (TPSA) is 102 Å². The first-order valence-corrected chi connectivity index (χ1v) is 10.5. The average molecular weight is 479 g/mol. The molecule has 2 aromatic rings. The summed E-state index contributed by atoms with van der Waals surface area (Å²) in [6, 6.07) is 11.5. The molecule has 2 rings (SSSR count). The summed E-state index contributed by atoms with van der Waals surface area (Å²) in [6.45, 7) is 0.554. The van der Waals surface area contributed by atoms with Gasteiger partial charge in [-0.2, -0.15) is 0 Å². The lowest BCUT2D eigenvalue weighted by Crippen LogP contribution is -2.31. The molecule has 0 bridgehead atoms. The maximum atomic E-state index is 12.3. The van der Waals surface area contributed by atoms with E-state index >= 15 is 0 Å². The SMILES string of the molecule is CSc1ccc(C(=O)COC(=O)CNC(=O)c2ccc(Br)cc2)cc1NC(C)=O. The summed E-state index contributed by atoms with van der Waals surface area (Å²) in [5.74, 6) is -1.82. The first-order chi connectivity index (χ1) is 13.8. The van der Waals surface area contributed by atoms with Crippen molar-refractivity contribution in [3.05, 3.63) is 58.1 Å². The molecule has 0 aromatic heterocycles. The Morgan fingerprint density at radius 1 is 1.03 bits per heavy atom. The highest BCUT2D eigenvalue weighted by Crippen LogP contribution is 2.26. The van der Waals surface area contributed by atoms with Gasteiger partial charge >= 0.3 is 5.97 Å². The number of ether oxygens (including phenoxy) is 1. The van der Waals surface area contributed by atoms with Crippen LogP contribution in [0.4, 0.5) is 5.69 Å². The summed E-state index contributed by atoms with van der Waals surface area (Å²) >= 11 is 4.70. The molecule has 7 nitrogen and oxygen atoms in total. The number of benzene rings is 2. The molecule has 0 saturated heterocycles. The van der Waals surface area contributed by atoms with Gasteiger partial charge in [-0.1, -0.05) is 22.0 Å². The molecule has 0 fully saturated rings. The van der Waals surface area contributed by atoms with E-state index < -0.39 is 24.3 Å². The summed E-state index contributed by atoms with van der Waals surface area (Å²) < 4.78 is 5.77. The van der Waals surface area contributed by atoms with Crippen LogP contribution in [0.15, 0.2) is 51.8 Å². The molecule has 0 spiro atoms. The Morgan fingerprint density at radius 2 is 1.69 bits per heavy atom. The van der Waals surface area contributed by atoms with Crippen molar-refractivity contribution in [1.82, 2.24) is 5.32 Å². The molecule has 0 heterocycles. The minimum Gasteiger partial charge on any atom is -0.456 e. The summed E-state index contributed by atoms with van der Waals surface area (Å²) in [6.07, 6.45) is 1.85. The highest BCUT2D eigenvalue weighted by atomic mass is 79.9. The molecular formula is C20H19BrN2O5S. The Kier molecular flexibility index (Phi) is 8.41. The van der Waals surface area contributed by atoms with Crippen molar-refractivity contribution in [2.75, 3.05) is 24.7 Å². The number of thioether (sulfide) groups is 1. The number of rotatable bonds is 8. The van der Waals surface area contributed by atoms with Crippen molar-refractivity contribution >= 4 is 56.9 Å². The lowest BCUT2D eigenvalue weighted by Gasteiger charge is -2.10. The highest BCUT2D eigenvalue weighted by Gasteiger charge is 2.14. The van der Waals surface area contributed by atoms with Crippen LogP contribution in [0.2, 0.25) is 0 Å². The zero-order chi connectivity index (χ0) is 21.4. The first-order valence-electron chi connectivity index (χ1n) is 8.48. The third-order valence-corrected chi connectivity index (χ3v) is 5.02. The van der Waals surface area contributed by atoms with Crippen LogP contribution in [0.5, 0.6) is 0 Å². The second-order valence-electron chi connectivity index (χ2n) is 5.87. The number of anilines is 1. The normalized spacial score (nSPS) is 10.2. The number of amides is 2. The first kappa shape index (κ1) is 22.6. The number of hydrogen-bond donors (Lipinski definition) is 2. The van der Waals surface area contributed by atoms with Crippen LogP contribution in [0.25, 0.3) is 0 Å². The molecule has 9 heteroatoms. The molecule has 0 unspecified atom stereocenters. The monoisotopic (exact) mass is 478 g/mol. The van der Waals surface area contributed by atoms with Crippen LogP contribution < -0.4 is 10.6 Å². The van der Waals surface area contributed by atoms with Crippen LogP contribution in [-0.4, -0.2) is 43.0 Å². The van der Waals surface area contributed by atoms with Gasteiger partial charge in [0.25, 0.3) is 5.91 Å². The molecule has 2 amide bonds. The van der Waals surface area contributed by atoms with Gasteiger partial charge in [-0.3, -0.25) is 19.2 Å². The van der Waals surface area contributed by atoms with E-state index in [0.29, 0.717) is 16.8 Å². The van der Waals surface area contributed by atoms with E-state index in [2.05, 4.69) is 26.6 Å². The molecule has 0 saturated carbocycles. The number of Topliss-reactive ketones (excluding diaryl/α,β-unsaturated/α-hetero) is 1. The van der Waals surface area contributed by atoms with Gasteiger partial charge in [0.05, 0.1) is 5.69 Å². The molecule has 0 aliphatic rings. The van der Waals surface area contributed by atoms with E-state index in [1.54, 1.807) is 42.5 Å². The largest absolute Gasteiger partial charge is 0.456 e. The Labute approximate surface area is 180 Å². The molecule has 2 aromatic carbocycles. The van der Waals surface area contributed by atoms with Gasteiger partial charge in [0.15, 0.2) is 12.4 Å². The van der Waals surface area contributed by atoms with Crippen molar-refractivity contribution in [2.45, 2.75) is 11.8 Å². The third kappa shape index (κ3) is 7.03. The summed E-state index contributed by atoms with van der Waals surface area (Å²) in [5.41, 5.74) is 1.22. The number of ketones is 1. The molecule has 0 aliphatic carbocycles. The number of hydrogen-bond acceptors (Lipinski definition) is 6. The van der Waals surface area contributed by atoms with Crippen molar-refractivity contribution < 1.29 is 23.9 Å². The van der Waals surface area contributed by atoms with Crippen LogP contribution in [0.1, 0.15) is 27.6 Å². The molecule has 0 radical (unpaired) electrons. The third-order valence-electron chi connectivity index (χ3n) is 3.70. The minimum absolute atomic E-state index is 0.252. The number of nitrogens with one attached hydrogen (secondary N) is 2. The molecule has 29 heavy (non-hydrogen) atoms. The molecular weight excluding hydrogens is 460 g/mol. The summed E-state index contributed by atoms with van der Waals surface area (Å²) in [4.78, 5) is 48.2. The predicted molar refractivity (Wildman–Crippen MR) is 114 cm³/mol. The second-order valence-corrected chi connectivity index (χ2v) is 7.63. The van der Waals surface area contributed by atoms with Crippen LogP contribution in [0, 0.1) is 0 Å². The Balaban J connectivity index is 1.88. The minimum atomic E-state index is -0.730. The molecule has 2 N–H and O–H groups in total. The van der Waals surface area contributed by atoms with E-state index in [1.165, 1.54) is 18.7 Å². The van der Waals surface area contributed by atoms with E-state index in [0.717, 1.165) is 9.37 Å². The smallest absolute Gasteiger partial charge is 0.325 e. The van der Waals surface area contributed by atoms with Crippen LogP contribution in [-0.2, 0) is 14.3 Å². The molecule has 0 aliphatic heterocycles. The fourth-order valence-electron chi connectivity index (χ4n) is 2.30. The number of carbonyl (C=O) groups is 4. The van der Waals surface area contributed by atoms with E-state index in [9.17, 15) is 19.2 Å². The number of esters is 1. The lowest BCUT2D eigenvalue weighted by molar-refractivity contribution is -0.141. The Bertz CT molecular complexity index is 931. The summed E-state index contributed by atoms with van der Waals surface area (Å²) in [7, 11) is 0. The fourth-order valence-corrected chi connectivity index (χ4v) is 3.10. The summed E-state index contributed by atoms with van der Waals surface area (Å²) in [5, 5.41) is 5.10. The van der Waals surface area contributed by atoms with Gasteiger partial charge in [-0.05, 0) is 42.7 Å². The Hall–Kier alpha value is -2.65. The van der Waals surface area contributed by atoms with Crippen molar-refractivity contribution in [2.24, 2.45) is 0 Å². The van der Waals surface area contributed by atoms with E-state index in [1.807, 2.05) is 6.26 Å².